The number of carbonyl (C=O) groups is 1. The van der Waals surface area contributed by atoms with Crippen molar-refractivity contribution in [1.82, 2.24) is 24.8 Å². The molecule has 1 aromatic carbocycles. The molecule has 2 aromatic heterocycles. The normalized spacial score (nSPS) is 14.9. The molecule has 9 nitrogen and oxygen atoms in total. The van der Waals surface area contributed by atoms with Gasteiger partial charge in [0.25, 0.3) is 0 Å². The van der Waals surface area contributed by atoms with Crippen LogP contribution in [-0.2, 0) is 9.53 Å². The zero-order valence-corrected chi connectivity index (χ0v) is 19.0. The highest BCUT2D eigenvalue weighted by Crippen LogP contribution is 2.25. The fourth-order valence-electron chi connectivity index (χ4n) is 3.59. The molecule has 1 fully saturated rings. The van der Waals surface area contributed by atoms with Gasteiger partial charge in [0.05, 0.1) is 24.4 Å². The minimum atomic E-state index is -0.493. The molecule has 33 heavy (non-hydrogen) atoms. The summed E-state index contributed by atoms with van der Waals surface area (Å²) in [5, 5.41) is 6.50. The highest BCUT2D eigenvalue weighted by atomic mass is 35.5. The summed E-state index contributed by atoms with van der Waals surface area (Å²) in [5.74, 6) is 0.267. The van der Waals surface area contributed by atoms with Gasteiger partial charge in [0.1, 0.15) is 23.2 Å². The van der Waals surface area contributed by atoms with Crippen molar-refractivity contribution in [2.24, 2.45) is 0 Å². The van der Waals surface area contributed by atoms with Crippen LogP contribution in [0, 0.1) is 5.82 Å². The van der Waals surface area contributed by atoms with Gasteiger partial charge >= 0.3 is 5.97 Å². The largest absolute Gasteiger partial charge is 0.465 e. The van der Waals surface area contributed by atoms with Crippen molar-refractivity contribution in [3.63, 3.8) is 0 Å². The Labute approximate surface area is 195 Å². The lowest BCUT2D eigenvalue weighted by atomic mass is 10.1. The first kappa shape index (κ1) is 23.1. The maximum atomic E-state index is 13.5. The van der Waals surface area contributed by atoms with Crippen LogP contribution in [0.2, 0.25) is 5.02 Å². The third-order valence-electron chi connectivity index (χ3n) is 5.30. The molecule has 174 valence electrons. The molecule has 0 radical (unpaired) electrons. The van der Waals surface area contributed by atoms with Crippen molar-refractivity contribution in [2.75, 3.05) is 36.9 Å². The summed E-state index contributed by atoms with van der Waals surface area (Å²) in [6.45, 7) is 4.33. The molecule has 0 atom stereocenters. The number of aromatic nitrogens is 4. The number of carbonyl (C=O) groups excluding carboxylic acids is 1. The molecule has 4 rings (SSSR count). The van der Waals surface area contributed by atoms with Crippen LogP contribution >= 0.6 is 11.6 Å². The number of likely N-dealkylation sites (tertiary alicyclic amines) is 1. The zero-order valence-electron chi connectivity index (χ0n) is 18.2. The minimum absolute atomic E-state index is 0.0142. The summed E-state index contributed by atoms with van der Waals surface area (Å²) in [7, 11) is 0. The van der Waals surface area contributed by atoms with E-state index < -0.39 is 5.82 Å². The SMILES string of the molecule is CCCOC(=O)CN1CCC(Nc2ncc3ncnc(Nc4ccc(F)c(Cl)c4)c3n2)CC1. The maximum absolute atomic E-state index is 13.5. The Morgan fingerprint density at radius 3 is 2.85 bits per heavy atom. The number of esters is 1. The molecular weight excluding hydrogens is 449 g/mol. The fraction of sp³-hybridized carbons (Fsp3) is 0.409. The van der Waals surface area contributed by atoms with Gasteiger partial charge in [-0.1, -0.05) is 18.5 Å². The van der Waals surface area contributed by atoms with E-state index in [1.54, 1.807) is 12.3 Å². The molecule has 1 aliphatic heterocycles. The number of hydrogen-bond donors (Lipinski definition) is 2. The molecule has 0 amide bonds. The van der Waals surface area contributed by atoms with E-state index >= 15 is 0 Å². The first-order valence-electron chi connectivity index (χ1n) is 10.9. The molecule has 0 spiro atoms. The van der Waals surface area contributed by atoms with Crippen LogP contribution < -0.4 is 10.6 Å². The van der Waals surface area contributed by atoms with Gasteiger partial charge in [-0.2, -0.15) is 0 Å². The summed E-state index contributed by atoms with van der Waals surface area (Å²) >= 11 is 5.88. The monoisotopic (exact) mass is 473 g/mol. The zero-order chi connectivity index (χ0) is 23.2. The van der Waals surface area contributed by atoms with Crippen molar-refractivity contribution in [3.8, 4) is 0 Å². The number of ether oxygens (including phenoxy) is 1. The van der Waals surface area contributed by atoms with Crippen LogP contribution in [0.3, 0.4) is 0 Å². The Balaban J connectivity index is 1.40. The van der Waals surface area contributed by atoms with Gasteiger partial charge in [0.15, 0.2) is 5.82 Å². The lowest BCUT2D eigenvalue weighted by Crippen LogP contribution is -2.42. The average molecular weight is 474 g/mol. The predicted octanol–water partition coefficient (Wildman–Crippen LogP) is 3.79. The standard InChI is InChI=1S/C22H25ClFN7O2/c1-2-9-33-19(32)12-31-7-5-14(6-8-31)29-22-25-11-18-20(30-22)21(27-13-26-18)28-15-3-4-17(24)16(23)10-15/h3-4,10-11,13-14H,2,5-9,12H2,1H3,(H,25,29,30)(H,26,27,28). The molecule has 1 aliphatic rings. The third kappa shape index (κ3) is 6.02. The molecule has 1 saturated heterocycles. The number of rotatable bonds is 8. The summed E-state index contributed by atoms with van der Waals surface area (Å²) in [6, 6.07) is 4.52. The summed E-state index contributed by atoms with van der Waals surface area (Å²) in [4.78, 5) is 31.4. The average Bonchev–Trinajstić information content (AvgIpc) is 2.82. The number of piperidine rings is 1. The molecular formula is C22H25ClFN7O2. The van der Waals surface area contributed by atoms with Crippen LogP contribution in [0.5, 0.6) is 0 Å². The first-order valence-corrected chi connectivity index (χ1v) is 11.2. The van der Waals surface area contributed by atoms with Gasteiger partial charge in [0.2, 0.25) is 5.95 Å². The number of nitrogens with zero attached hydrogens (tertiary/aromatic N) is 5. The maximum Gasteiger partial charge on any atom is 0.320 e. The molecule has 0 aliphatic carbocycles. The Morgan fingerprint density at radius 2 is 2.09 bits per heavy atom. The van der Waals surface area contributed by atoms with E-state index in [0.717, 1.165) is 32.4 Å². The Hall–Kier alpha value is -3.11. The van der Waals surface area contributed by atoms with Crippen LogP contribution in [0.4, 0.5) is 21.8 Å². The Morgan fingerprint density at radius 1 is 1.27 bits per heavy atom. The second-order valence-electron chi connectivity index (χ2n) is 7.82. The second-order valence-corrected chi connectivity index (χ2v) is 8.23. The highest BCUT2D eigenvalue weighted by molar-refractivity contribution is 6.31. The second kappa shape index (κ2) is 10.7. The molecule has 0 bridgehead atoms. The summed E-state index contributed by atoms with van der Waals surface area (Å²) < 4.78 is 18.6. The van der Waals surface area contributed by atoms with Gasteiger partial charge in [0, 0.05) is 24.8 Å². The van der Waals surface area contributed by atoms with E-state index in [2.05, 4.69) is 35.5 Å². The lowest BCUT2D eigenvalue weighted by molar-refractivity contribution is -0.145. The highest BCUT2D eigenvalue weighted by Gasteiger charge is 2.22. The summed E-state index contributed by atoms with van der Waals surface area (Å²) in [6.07, 6.45) is 5.57. The molecule has 0 saturated carbocycles. The van der Waals surface area contributed by atoms with Crippen molar-refractivity contribution in [3.05, 3.63) is 41.6 Å². The lowest BCUT2D eigenvalue weighted by Gasteiger charge is -2.31. The van der Waals surface area contributed by atoms with Crippen LogP contribution in [0.1, 0.15) is 26.2 Å². The third-order valence-corrected chi connectivity index (χ3v) is 5.59. The van der Waals surface area contributed by atoms with E-state index in [4.69, 9.17) is 16.3 Å². The number of fused-ring (bicyclic) bond motifs is 1. The van der Waals surface area contributed by atoms with Crippen LogP contribution in [0.15, 0.2) is 30.7 Å². The minimum Gasteiger partial charge on any atom is -0.465 e. The van der Waals surface area contributed by atoms with Crippen molar-refractivity contribution < 1.29 is 13.9 Å². The van der Waals surface area contributed by atoms with Crippen molar-refractivity contribution in [1.29, 1.82) is 0 Å². The number of benzene rings is 1. The van der Waals surface area contributed by atoms with E-state index in [1.807, 2.05) is 6.92 Å². The van der Waals surface area contributed by atoms with Gasteiger partial charge in [-0.3, -0.25) is 9.69 Å². The smallest absolute Gasteiger partial charge is 0.320 e. The van der Waals surface area contributed by atoms with E-state index in [-0.39, 0.29) is 17.0 Å². The Kier molecular flexibility index (Phi) is 7.46. The number of halogens is 2. The molecule has 3 aromatic rings. The van der Waals surface area contributed by atoms with Gasteiger partial charge < -0.3 is 15.4 Å². The number of hydrogen-bond acceptors (Lipinski definition) is 9. The van der Waals surface area contributed by atoms with Crippen LogP contribution in [-0.4, -0.2) is 63.1 Å². The quantitative estimate of drug-likeness (QED) is 0.472. The van der Waals surface area contributed by atoms with Gasteiger partial charge in [-0.05, 0) is 37.5 Å². The topological polar surface area (TPSA) is 105 Å². The van der Waals surface area contributed by atoms with E-state index in [1.165, 1.54) is 18.5 Å². The predicted molar refractivity (Wildman–Crippen MR) is 124 cm³/mol. The number of nitrogens with one attached hydrogen (secondary N) is 2. The molecule has 0 unspecified atom stereocenters. The Bertz CT molecular complexity index is 1130. The van der Waals surface area contributed by atoms with Crippen molar-refractivity contribution >= 4 is 46.1 Å². The fourth-order valence-corrected chi connectivity index (χ4v) is 3.77. The van der Waals surface area contributed by atoms with Gasteiger partial charge in [-0.15, -0.1) is 0 Å². The van der Waals surface area contributed by atoms with Crippen molar-refractivity contribution in [2.45, 2.75) is 32.2 Å². The molecule has 11 heteroatoms. The molecule has 3 heterocycles. The molecule has 2 N–H and O–H groups in total. The van der Waals surface area contributed by atoms with Crippen LogP contribution in [0.25, 0.3) is 11.0 Å². The van der Waals surface area contributed by atoms with Gasteiger partial charge in [-0.25, -0.2) is 24.3 Å². The summed E-state index contributed by atoms with van der Waals surface area (Å²) in [5.41, 5.74) is 1.69. The first-order chi connectivity index (χ1) is 16.0. The van der Waals surface area contributed by atoms with E-state index in [0.29, 0.717) is 41.6 Å². The number of anilines is 3. The van der Waals surface area contributed by atoms with E-state index in [9.17, 15) is 9.18 Å².